The second-order valence-electron chi connectivity index (χ2n) is 6.89. The van der Waals surface area contributed by atoms with Gasteiger partial charge in [0.15, 0.2) is 0 Å². The number of methoxy groups -OCH3 is 1. The van der Waals surface area contributed by atoms with Crippen molar-refractivity contribution in [1.29, 1.82) is 5.26 Å². The van der Waals surface area contributed by atoms with Crippen LogP contribution in [0.5, 0.6) is 0 Å². The van der Waals surface area contributed by atoms with E-state index in [9.17, 15) is 4.79 Å². The fourth-order valence-corrected chi connectivity index (χ4v) is 4.27. The van der Waals surface area contributed by atoms with Crippen LogP contribution in [-0.4, -0.2) is 42.1 Å². The number of hydrogen-bond donors (Lipinski definition) is 2. The average Bonchev–Trinajstić information content (AvgIpc) is 2.60. The van der Waals surface area contributed by atoms with Crippen LogP contribution in [-0.2, 0) is 9.53 Å². The maximum absolute atomic E-state index is 12.4. The third kappa shape index (κ3) is 3.88. The van der Waals surface area contributed by atoms with Crippen molar-refractivity contribution in [1.82, 2.24) is 10.3 Å². The van der Waals surface area contributed by atoms with Crippen molar-refractivity contribution in [3.63, 3.8) is 0 Å². The van der Waals surface area contributed by atoms with Gasteiger partial charge < -0.3 is 15.4 Å². The quantitative estimate of drug-likeness (QED) is 0.802. The zero-order valence-corrected chi connectivity index (χ0v) is 15.2. The second-order valence-corrected chi connectivity index (χ2v) is 7.45. The van der Waals surface area contributed by atoms with E-state index in [-0.39, 0.29) is 29.3 Å². The van der Waals surface area contributed by atoms with Crippen molar-refractivity contribution in [2.45, 2.75) is 43.7 Å². The lowest BCUT2D eigenvalue weighted by atomic mass is 9.74. The van der Waals surface area contributed by atoms with Gasteiger partial charge in [0, 0.05) is 19.7 Å². The Morgan fingerprint density at radius 2 is 2.24 bits per heavy atom. The number of alkyl halides is 1. The van der Waals surface area contributed by atoms with Crippen LogP contribution in [0.1, 0.15) is 30.5 Å². The van der Waals surface area contributed by atoms with E-state index in [1.807, 2.05) is 0 Å². The van der Waals surface area contributed by atoms with Gasteiger partial charge in [-0.25, -0.2) is 4.98 Å². The molecule has 6 nitrogen and oxygen atoms in total. The summed E-state index contributed by atoms with van der Waals surface area (Å²) in [6.07, 6.45) is 2.45. The molecule has 134 valence electrons. The van der Waals surface area contributed by atoms with Crippen LogP contribution in [0, 0.1) is 30.1 Å². The molecule has 5 atom stereocenters. The van der Waals surface area contributed by atoms with Crippen molar-refractivity contribution in [2.24, 2.45) is 11.8 Å². The van der Waals surface area contributed by atoms with Crippen molar-refractivity contribution in [2.75, 3.05) is 19.0 Å². The minimum absolute atomic E-state index is 0.00213. The third-order valence-corrected chi connectivity index (χ3v) is 5.77. The van der Waals surface area contributed by atoms with Gasteiger partial charge in [-0.15, -0.1) is 11.6 Å². The molecule has 7 heteroatoms. The number of amides is 1. The first-order chi connectivity index (χ1) is 12.0. The number of halogens is 1. The summed E-state index contributed by atoms with van der Waals surface area (Å²) >= 11 is 6.42. The lowest BCUT2D eigenvalue weighted by molar-refractivity contribution is -0.130. The van der Waals surface area contributed by atoms with Crippen molar-refractivity contribution in [3.05, 3.63) is 23.4 Å². The van der Waals surface area contributed by atoms with Crippen LogP contribution in [0.15, 0.2) is 12.1 Å². The molecule has 3 rings (SSSR count). The number of pyridine rings is 1. The number of nitrogens with zero attached hydrogens (tertiary/aromatic N) is 2. The van der Waals surface area contributed by atoms with Gasteiger partial charge in [0.05, 0.1) is 28.7 Å². The molecule has 2 aliphatic rings. The van der Waals surface area contributed by atoms with Gasteiger partial charge in [-0.05, 0) is 44.2 Å². The Morgan fingerprint density at radius 1 is 1.44 bits per heavy atom. The molecule has 2 fully saturated rings. The van der Waals surface area contributed by atoms with Gasteiger partial charge in [-0.1, -0.05) is 0 Å². The molecule has 1 amide bonds. The van der Waals surface area contributed by atoms with E-state index in [0.29, 0.717) is 29.5 Å². The zero-order valence-electron chi connectivity index (χ0n) is 14.5. The molecule has 1 aliphatic carbocycles. The minimum Gasteiger partial charge on any atom is -0.380 e. The number of hydrogen-bond acceptors (Lipinski definition) is 5. The highest BCUT2D eigenvalue weighted by Gasteiger charge is 2.42. The summed E-state index contributed by atoms with van der Waals surface area (Å²) in [5, 5.41) is 15.3. The summed E-state index contributed by atoms with van der Waals surface area (Å²) < 4.78 is 5.42. The van der Waals surface area contributed by atoms with Crippen LogP contribution in [0.25, 0.3) is 0 Å². The molecular weight excluding hydrogens is 340 g/mol. The molecule has 0 aromatic carbocycles. The largest absolute Gasteiger partial charge is 0.380 e. The molecule has 0 spiro atoms. The summed E-state index contributed by atoms with van der Waals surface area (Å²) in [5.74, 6) is 1.03. The Bertz CT molecular complexity index is 690. The number of carbonyl (C=O) groups excluding carboxylic acids is 1. The summed E-state index contributed by atoms with van der Waals surface area (Å²) in [6, 6.07) is 5.77. The van der Waals surface area contributed by atoms with Gasteiger partial charge in [-0.3, -0.25) is 4.79 Å². The Labute approximate surface area is 152 Å². The lowest BCUT2D eigenvalue weighted by Gasteiger charge is -2.43. The molecule has 1 aromatic rings. The molecule has 1 saturated carbocycles. The average molecular weight is 363 g/mol. The number of nitrogens with one attached hydrogen (secondary N) is 2. The molecule has 5 unspecified atom stereocenters. The van der Waals surface area contributed by atoms with Crippen LogP contribution < -0.4 is 10.6 Å². The standard InChI is InChI=1S/C18H23ClN4O2/c1-10-11(8-20)3-4-17(22-10)21-9-13-5-12-6-14(19)16(25-2)7-15(12)23-18(13)24/h3-4,12-16H,5-7,9H2,1-2H3,(H,21,22)(H,23,24). The van der Waals surface area contributed by atoms with E-state index in [0.717, 1.165) is 19.3 Å². The predicted octanol–water partition coefficient (Wildman–Crippen LogP) is 2.21. The van der Waals surface area contributed by atoms with Gasteiger partial charge in [0.25, 0.3) is 0 Å². The van der Waals surface area contributed by atoms with E-state index in [1.54, 1.807) is 26.2 Å². The smallest absolute Gasteiger partial charge is 0.225 e. The third-order valence-electron chi connectivity index (χ3n) is 5.31. The number of nitriles is 1. The topological polar surface area (TPSA) is 87.0 Å². The number of carbonyl (C=O) groups is 1. The predicted molar refractivity (Wildman–Crippen MR) is 95.4 cm³/mol. The van der Waals surface area contributed by atoms with Gasteiger partial charge in [-0.2, -0.15) is 5.26 Å². The maximum Gasteiger partial charge on any atom is 0.225 e. The fraction of sp³-hybridized carbons (Fsp3) is 0.611. The number of aryl methyl sites for hydroxylation is 1. The Balaban J connectivity index is 1.60. The Morgan fingerprint density at radius 3 is 2.92 bits per heavy atom. The first-order valence-electron chi connectivity index (χ1n) is 8.60. The molecule has 2 heterocycles. The molecular formula is C18H23ClN4O2. The first kappa shape index (κ1) is 18.0. The monoisotopic (exact) mass is 362 g/mol. The molecule has 25 heavy (non-hydrogen) atoms. The highest BCUT2D eigenvalue weighted by atomic mass is 35.5. The number of anilines is 1. The SMILES string of the molecule is COC1CC2NC(=O)C(CNc3ccc(C#N)c(C)n3)CC2CC1Cl. The zero-order chi connectivity index (χ0) is 18.0. The number of ether oxygens (including phenoxy) is 1. The minimum atomic E-state index is -0.109. The van der Waals surface area contributed by atoms with Crippen molar-refractivity contribution < 1.29 is 9.53 Å². The van der Waals surface area contributed by atoms with E-state index < -0.39 is 0 Å². The van der Waals surface area contributed by atoms with Crippen LogP contribution in [0.3, 0.4) is 0 Å². The van der Waals surface area contributed by atoms with E-state index in [1.165, 1.54) is 0 Å². The molecule has 1 aliphatic heterocycles. The number of aromatic nitrogens is 1. The van der Waals surface area contributed by atoms with E-state index >= 15 is 0 Å². The van der Waals surface area contributed by atoms with E-state index in [2.05, 4.69) is 21.7 Å². The normalized spacial score (nSPS) is 31.6. The maximum atomic E-state index is 12.4. The number of piperidine rings is 1. The highest BCUT2D eigenvalue weighted by Crippen LogP contribution is 2.36. The Kier molecular flexibility index (Phi) is 5.45. The number of fused-ring (bicyclic) bond motifs is 1. The molecule has 1 saturated heterocycles. The first-order valence-corrected chi connectivity index (χ1v) is 9.04. The van der Waals surface area contributed by atoms with Gasteiger partial charge >= 0.3 is 0 Å². The van der Waals surface area contributed by atoms with Crippen molar-refractivity contribution in [3.8, 4) is 6.07 Å². The second kappa shape index (κ2) is 7.59. The van der Waals surface area contributed by atoms with Crippen molar-refractivity contribution >= 4 is 23.3 Å². The molecule has 0 radical (unpaired) electrons. The number of rotatable bonds is 4. The fourth-order valence-electron chi connectivity index (χ4n) is 3.83. The molecule has 1 aromatic heterocycles. The Hall–Kier alpha value is -1.84. The molecule has 2 N–H and O–H groups in total. The van der Waals surface area contributed by atoms with E-state index in [4.69, 9.17) is 21.6 Å². The van der Waals surface area contributed by atoms with Crippen LogP contribution in [0.2, 0.25) is 0 Å². The summed E-state index contributed by atoms with van der Waals surface area (Å²) in [5.41, 5.74) is 1.25. The van der Waals surface area contributed by atoms with Gasteiger partial charge in [0.1, 0.15) is 11.9 Å². The summed E-state index contributed by atoms with van der Waals surface area (Å²) in [7, 11) is 1.67. The summed E-state index contributed by atoms with van der Waals surface area (Å²) in [6.45, 7) is 2.32. The van der Waals surface area contributed by atoms with Crippen LogP contribution >= 0.6 is 11.6 Å². The lowest BCUT2D eigenvalue weighted by Crippen LogP contribution is -2.56. The van der Waals surface area contributed by atoms with Crippen LogP contribution in [0.4, 0.5) is 5.82 Å². The highest BCUT2D eigenvalue weighted by molar-refractivity contribution is 6.21. The molecule has 0 bridgehead atoms. The van der Waals surface area contributed by atoms with Gasteiger partial charge in [0.2, 0.25) is 5.91 Å². The summed E-state index contributed by atoms with van der Waals surface area (Å²) in [4.78, 5) is 16.8.